The van der Waals surface area contributed by atoms with Gasteiger partial charge in [-0.1, -0.05) is 53.5 Å². The second kappa shape index (κ2) is 21.2. The quantitative estimate of drug-likeness (QED) is 0.0756. The highest BCUT2D eigenvalue weighted by Crippen LogP contribution is 2.53. The zero-order valence-corrected chi connectivity index (χ0v) is 43.2. The predicted octanol–water partition coefficient (Wildman–Crippen LogP) is 10.9. The lowest BCUT2D eigenvalue weighted by Crippen LogP contribution is -2.32. The van der Waals surface area contributed by atoms with Gasteiger partial charge in [0, 0.05) is 33.4 Å². The van der Waals surface area contributed by atoms with E-state index in [4.69, 9.17) is 95.0 Å². The number of hydrogen-bond donors (Lipinski definition) is 0. The van der Waals surface area contributed by atoms with E-state index in [-0.39, 0.29) is 0 Å². The number of aromatic nitrogens is 2. The van der Waals surface area contributed by atoms with E-state index in [0.717, 1.165) is 0 Å². The lowest BCUT2D eigenvalue weighted by Gasteiger charge is -2.31. The number of rotatable bonds is 19. The lowest BCUT2D eigenvalue weighted by atomic mass is 9.98. The molecule has 0 N–H and O–H groups in total. The highest BCUT2D eigenvalue weighted by Gasteiger charge is 2.47. The molecule has 0 saturated heterocycles. The first kappa shape index (κ1) is 50.4. The van der Waals surface area contributed by atoms with Crippen LogP contribution in [0.5, 0.6) is 69.0 Å². The molecule has 0 aliphatic carbocycles. The number of hydrogen-bond acceptors (Lipinski definition) is 15. The summed E-state index contributed by atoms with van der Waals surface area (Å²) in [5.74, 6) is 2.69. The molecule has 0 fully saturated rings. The van der Waals surface area contributed by atoms with Crippen molar-refractivity contribution in [2.45, 2.75) is 5.79 Å². The highest BCUT2D eigenvalue weighted by atomic mass is 35.5. The zero-order valence-electron chi connectivity index (χ0n) is 41.7. The van der Waals surface area contributed by atoms with Gasteiger partial charge in [-0.2, -0.15) is 0 Å². The van der Waals surface area contributed by atoms with Gasteiger partial charge >= 0.3 is 0 Å². The Hall–Kier alpha value is -7.95. The summed E-state index contributed by atoms with van der Waals surface area (Å²) >= 11 is 14.8. The molecule has 0 bridgehead atoms. The van der Waals surface area contributed by atoms with E-state index in [0.29, 0.717) is 141 Å². The van der Waals surface area contributed by atoms with E-state index in [1.54, 1.807) is 62.8 Å². The summed E-state index contributed by atoms with van der Waals surface area (Å²) in [6, 6.07) is 29.1. The Morgan fingerprint density at radius 1 is 0.389 bits per heavy atom. The summed E-state index contributed by atoms with van der Waals surface area (Å²) in [4.78, 5) is 17.2. The first-order chi connectivity index (χ1) is 35.0. The van der Waals surface area contributed by atoms with E-state index >= 15 is 0 Å². The van der Waals surface area contributed by atoms with Crippen molar-refractivity contribution < 1.29 is 56.8 Å². The van der Waals surface area contributed by atoms with E-state index in [1.807, 2.05) is 53.1 Å². The molecule has 0 atom stereocenters. The molecule has 16 nitrogen and oxygen atoms in total. The molecule has 18 heteroatoms. The van der Waals surface area contributed by atoms with Crippen LogP contribution in [0.1, 0.15) is 16.7 Å². The van der Waals surface area contributed by atoms with Crippen molar-refractivity contribution in [3.63, 3.8) is 0 Å². The molecule has 0 radical (unpaired) electrons. The Morgan fingerprint density at radius 2 is 0.722 bits per heavy atom. The van der Waals surface area contributed by atoms with Gasteiger partial charge in [0.1, 0.15) is 5.82 Å². The number of aliphatic imine (C=N–C) groups is 2. The molecule has 0 amide bonds. The van der Waals surface area contributed by atoms with Gasteiger partial charge in [0.25, 0.3) is 5.79 Å². The van der Waals surface area contributed by atoms with Crippen molar-refractivity contribution in [2.24, 2.45) is 9.98 Å². The number of ether oxygens (including phenoxy) is 12. The van der Waals surface area contributed by atoms with Crippen molar-refractivity contribution in [1.82, 2.24) is 9.55 Å². The lowest BCUT2D eigenvalue weighted by molar-refractivity contribution is 0.324. The zero-order chi connectivity index (χ0) is 51.4. The van der Waals surface area contributed by atoms with Crippen molar-refractivity contribution in [2.75, 3.05) is 85.3 Å². The van der Waals surface area contributed by atoms with Gasteiger partial charge in [0.15, 0.2) is 46.0 Å². The largest absolute Gasteiger partial charge is 0.493 e. The fraction of sp³-hybridized carbons (Fsp3) is 0.241. The molecule has 1 aliphatic heterocycles. The monoisotopic (exact) mass is 1020 g/mol. The van der Waals surface area contributed by atoms with Gasteiger partial charge in [-0.25, -0.2) is 15.0 Å². The summed E-state index contributed by atoms with van der Waals surface area (Å²) in [7, 11) is 18.4. The molecule has 0 unspecified atom stereocenters. The molecule has 7 aromatic rings. The van der Waals surface area contributed by atoms with Crippen molar-refractivity contribution in [3.8, 4) is 103 Å². The van der Waals surface area contributed by atoms with Crippen LogP contribution in [0.15, 0.2) is 107 Å². The van der Waals surface area contributed by atoms with Gasteiger partial charge in [-0.15, -0.1) is 0 Å². The Morgan fingerprint density at radius 3 is 1.07 bits per heavy atom. The first-order valence-corrected chi connectivity index (χ1v) is 22.8. The van der Waals surface area contributed by atoms with E-state index in [1.165, 1.54) is 71.1 Å². The van der Waals surface area contributed by atoms with Crippen LogP contribution in [0, 0.1) is 0 Å². The van der Waals surface area contributed by atoms with Gasteiger partial charge in [0.2, 0.25) is 23.0 Å². The van der Waals surface area contributed by atoms with E-state index < -0.39 is 5.79 Å². The molecule has 72 heavy (non-hydrogen) atoms. The Bertz CT molecular complexity index is 3060. The maximum Gasteiger partial charge on any atom is 0.263 e. The normalized spacial score (nSPS) is 12.6. The predicted molar refractivity (Wildman–Crippen MR) is 277 cm³/mol. The third kappa shape index (κ3) is 8.59. The maximum atomic E-state index is 7.49. The molecule has 1 aliphatic rings. The van der Waals surface area contributed by atoms with Gasteiger partial charge in [0.05, 0.1) is 118 Å². The van der Waals surface area contributed by atoms with Crippen LogP contribution in [-0.2, 0) is 5.79 Å². The number of imidazole rings is 1. The minimum absolute atomic E-state index is 0.310. The standard InChI is InChI=1S/C54H52Cl2N4O12/c1-61-37-21-29(22-38(62-2)49(37)69-9)45-46(30-23-39(63-3)50(70-10)40(24-30)64-4)59-54(58-45,34-18-14-16-20-36(34)56)60-48(32-27-43(67-7)52(72-12)44(28-32)68-8)47(57-53(60)33-17-13-15-19-35(33)55)31-25-41(65-5)51(71-11)42(26-31)66-6/h13-28H,1-12H3. The van der Waals surface area contributed by atoms with Crippen LogP contribution in [0.4, 0.5) is 0 Å². The SMILES string of the molecule is COc1cc(C2=NC(c3ccccc3Cl)(n3c(-c4ccccc4Cl)nc(-c4cc(OC)c(OC)c(OC)c4)c3-c3cc(OC)c(OC)c(OC)c3)N=C2c2cc(OC)c(OC)c(OC)c2)cc(OC)c1OC. The summed E-state index contributed by atoms with van der Waals surface area (Å²) in [6.07, 6.45) is 0. The topological polar surface area (TPSA) is 153 Å². The van der Waals surface area contributed by atoms with E-state index in [9.17, 15) is 0 Å². The number of methoxy groups -OCH3 is 12. The summed E-state index contributed by atoms with van der Waals surface area (Å²) in [5.41, 5.74) is 4.58. The van der Waals surface area contributed by atoms with Gasteiger partial charge in [-0.05, 0) is 66.7 Å². The minimum atomic E-state index is -1.92. The Balaban J connectivity index is 1.68. The third-order valence-electron chi connectivity index (χ3n) is 12.1. The second-order valence-electron chi connectivity index (χ2n) is 15.6. The average molecular weight is 1020 g/mol. The molecule has 0 spiro atoms. The number of halogens is 2. The summed E-state index contributed by atoms with van der Waals surface area (Å²) in [5, 5.41) is 0.677. The van der Waals surface area contributed by atoms with Crippen LogP contribution in [-0.4, -0.2) is 106 Å². The Labute approximate surface area is 427 Å². The third-order valence-corrected chi connectivity index (χ3v) is 12.7. The van der Waals surface area contributed by atoms with Crippen LogP contribution in [0.3, 0.4) is 0 Å². The van der Waals surface area contributed by atoms with Crippen molar-refractivity contribution in [3.05, 3.63) is 124 Å². The first-order valence-electron chi connectivity index (χ1n) is 22.0. The molecule has 8 rings (SSSR count). The maximum absolute atomic E-state index is 7.49. The molecule has 1 aromatic heterocycles. The second-order valence-corrected chi connectivity index (χ2v) is 16.5. The summed E-state index contributed by atoms with van der Waals surface area (Å²) < 4.78 is 72.7. The van der Waals surface area contributed by atoms with E-state index in [2.05, 4.69) is 0 Å². The number of nitrogens with zero attached hydrogens (tertiary/aromatic N) is 4. The van der Waals surface area contributed by atoms with Gasteiger partial charge < -0.3 is 56.8 Å². The molecule has 2 heterocycles. The average Bonchev–Trinajstić information content (AvgIpc) is 4.02. The molecular formula is C54H52Cl2N4O12. The number of benzene rings is 6. The minimum Gasteiger partial charge on any atom is -0.493 e. The smallest absolute Gasteiger partial charge is 0.263 e. The van der Waals surface area contributed by atoms with Crippen LogP contribution >= 0.6 is 23.2 Å². The fourth-order valence-electron chi connectivity index (χ4n) is 8.81. The van der Waals surface area contributed by atoms with Crippen LogP contribution in [0.2, 0.25) is 10.0 Å². The highest BCUT2D eigenvalue weighted by molar-refractivity contribution is 6.55. The van der Waals surface area contributed by atoms with Gasteiger partial charge in [-0.3, -0.25) is 4.57 Å². The molecular weight excluding hydrogens is 968 g/mol. The van der Waals surface area contributed by atoms with Crippen molar-refractivity contribution >= 4 is 34.6 Å². The molecule has 6 aromatic carbocycles. The fourth-order valence-corrected chi connectivity index (χ4v) is 9.29. The summed E-state index contributed by atoms with van der Waals surface area (Å²) in [6.45, 7) is 0. The van der Waals surface area contributed by atoms with Crippen LogP contribution in [0.25, 0.3) is 33.9 Å². The van der Waals surface area contributed by atoms with Crippen molar-refractivity contribution in [1.29, 1.82) is 0 Å². The van der Waals surface area contributed by atoms with Crippen LogP contribution < -0.4 is 56.8 Å². The Kier molecular flexibility index (Phi) is 14.8. The molecule has 374 valence electrons. The molecule has 0 saturated carbocycles.